The van der Waals surface area contributed by atoms with Crippen molar-refractivity contribution in [1.82, 2.24) is 0 Å². The minimum absolute atomic E-state index is 0.0908. The standard InChI is InChI=1S/C27H20N2O6/c1-14(30)35-21-12-11-15(13-20(21)29(33)34)28-25(31)23-22-16-7-3-5-9-18(16)27(2,24(23)26(28)32)19-10-6-4-8-17(19)22/h3-13,22-24H,1-2H3/t22?,23-,24+,27?/m0/s1. The quantitative estimate of drug-likeness (QED) is 0.188. The van der Waals surface area contributed by atoms with Crippen LogP contribution < -0.4 is 9.64 Å². The molecule has 3 aromatic carbocycles. The zero-order chi connectivity index (χ0) is 24.6. The molecule has 2 bridgehead atoms. The molecule has 0 unspecified atom stereocenters. The van der Waals surface area contributed by atoms with E-state index in [2.05, 4.69) is 0 Å². The molecule has 174 valence electrons. The lowest BCUT2D eigenvalue weighted by atomic mass is 9.48. The summed E-state index contributed by atoms with van der Waals surface area (Å²) in [6.45, 7) is 3.15. The fourth-order valence-corrected chi connectivity index (χ4v) is 6.43. The highest BCUT2D eigenvalue weighted by molar-refractivity contribution is 6.24. The maximum atomic E-state index is 14.0. The molecule has 0 radical (unpaired) electrons. The zero-order valence-corrected chi connectivity index (χ0v) is 18.9. The zero-order valence-electron chi connectivity index (χ0n) is 18.9. The molecule has 3 aromatic rings. The molecule has 8 heteroatoms. The lowest BCUT2D eigenvalue weighted by Crippen LogP contribution is -2.51. The Morgan fingerprint density at radius 3 is 2.14 bits per heavy atom. The summed E-state index contributed by atoms with van der Waals surface area (Å²) in [6.07, 6.45) is 0. The Labute approximate surface area is 200 Å². The SMILES string of the molecule is CC(=O)Oc1ccc(N2C(=O)[C@H]3C4c5ccccc5C(C)(c5ccccc54)[C@H]3C2=O)cc1[N+](=O)[O-]. The van der Waals surface area contributed by atoms with Gasteiger partial charge in [-0.05, 0) is 34.4 Å². The van der Waals surface area contributed by atoms with Crippen LogP contribution in [0.1, 0.15) is 42.0 Å². The van der Waals surface area contributed by atoms with Crippen LogP contribution in [-0.2, 0) is 19.8 Å². The van der Waals surface area contributed by atoms with Gasteiger partial charge in [0, 0.05) is 24.3 Å². The van der Waals surface area contributed by atoms with E-state index >= 15 is 0 Å². The van der Waals surface area contributed by atoms with E-state index < -0.39 is 33.8 Å². The van der Waals surface area contributed by atoms with Crippen LogP contribution in [0.5, 0.6) is 5.75 Å². The Hall–Kier alpha value is -4.33. The van der Waals surface area contributed by atoms with E-state index in [0.29, 0.717) is 0 Å². The summed E-state index contributed by atoms with van der Waals surface area (Å²) >= 11 is 0. The first-order valence-corrected chi connectivity index (χ1v) is 11.3. The van der Waals surface area contributed by atoms with Crippen molar-refractivity contribution in [3.8, 4) is 5.75 Å². The number of hydrogen-bond donors (Lipinski definition) is 0. The summed E-state index contributed by atoms with van der Waals surface area (Å²) < 4.78 is 4.95. The molecular formula is C27H20N2O6. The Morgan fingerprint density at radius 2 is 1.57 bits per heavy atom. The molecule has 35 heavy (non-hydrogen) atoms. The molecule has 0 aromatic heterocycles. The van der Waals surface area contributed by atoms with Crippen LogP contribution in [0.15, 0.2) is 66.7 Å². The Kier molecular flexibility index (Phi) is 4.30. The summed E-state index contributed by atoms with van der Waals surface area (Å²) in [5, 5.41) is 11.7. The molecule has 0 N–H and O–H groups in total. The largest absolute Gasteiger partial charge is 0.419 e. The number of nitrogens with zero attached hydrogens (tertiary/aromatic N) is 2. The smallest absolute Gasteiger partial charge is 0.313 e. The molecule has 1 aliphatic heterocycles. The van der Waals surface area contributed by atoms with Crippen molar-refractivity contribution in [1.29, 1.82) is 0 Å². The van der Waals surface area contributed by atoms with E-state index in [1.165, 1.54) is 12.1 Å². The number of amides is 2. The van der Waals surface area contributed by atoms with Gasteiger partial charge in [-0.1, -0.05) is 55.5 Å². The maximum Gasteiger partial charge on any atom is 0.313 e. The van der Waals surface area contributed by atoms with Gasteiger partial charge in [0.25, 0.3) is 0 Å². The van der Waals surface area contributed by atoms with Crippen molar-refractivity contribution in [2.75, 3.05) is 4.90 Å². The first-order chi connectivity index (χ1) is 16.7. The van der Waals surface area contributed by atoms with Crippen LogP contribution in [0.2, 0.25) is 0 Å². The van der Waals surface area contributed by atoms with Crippen molar-refractivity contribution < 1.29 is 24.0 Å². The van der Waals surface area contributed by atoms with E-state index in [9.17, 15) is 24.5 Å². The van der Waals surface area contributed by atoms with Crippen molar-refractivity contribution in [2.45, 2.75) is 25.2 Å². The topological polar surface area (TPSA) is 107 Å². The third kappa shape index (κ3) is 2.65. The second-order valence-corrected chi connectivity index (χ2v) is 9.37. The predicted octanol–water partition coefficient (Wildman–Crippen LogP) is 4.09. The predicted molar refractivity (Wildman–Crippen MR) is 125 cm³/mol. The summed E-state index contributed by atoms with van der Waals surface area (Å²) in [6, 6.07) is 19.6. The van der Waals surface area contributed by atoms with Crippen LogP contribution in [0.4, 0.5) is 11.4 Å². The van der Waals surface area contributed by atoms with Gasteiger partial charge in [-0.2, -0.15) is 0 Å². The highest BCUT2D eigenvalue weighted by atomic mass is 16.6. The van der Waals surface area contributed by atoms with Crippen molar-refractivity contribution in [3.63, 3.8) is 0 Å². The number of imide groups is 1. The number of carbonyl (C=O) groups excluding carboxylic acids is 3. The van der Waals surface area contributed by atoms with Crippen LogP contribution in [0.3, 0.4) is 0 Å². The van der Waals surface area contributed by atoms with E-state index in [4.69, 9.17) is 4.74 Å². The number of rotatable bonds is 3. The first kappa shape index (κ1) is 21.2. The number of anilines is 1. The fraction of sp³-hybridized carbons (Fsp3) is 0.222. The van der Waals surface area contributed by atoms with E-state index in [1.54, 1.807) is 0 Å². The van der Waals surface area contributed by atoms with Crippen LogP contribution in [0.25, 0.3) is 0 Å². The average Bonchev–Trinajstić information content (AvgIpc) is 3.11. The molecule has 1 heterocycles. The van der Waals surface area contributed by atoms with Gasteiger partial charge in [-0.25, -0.2) is 4.90 Å². The van der Waals surface area contributed by atoms with Gasteiger partial charge in [-0.3, -0.25) is 24.5 Å². The Balaban J connectivity index is 1.52. The molecule has 7 rings (SSSR count). The van der Waals surface area contributed by atoms with Gasteiger partial charge in [-0.15, -0.1) is 0 Å². The van der Waals surface area contributed by atoms with Gasteiger partial charge in [0.1, 0.15) is 0 Å². The summed E-state index contributed by atoms with van der Waals surface area (Å²) in [5.74, 6) is -3.26. The third-order valence-corrected chi connectivity index (χ3v) is 7.69. The third-order valence-electron chi connectivity index (χ3n) is 7.69. The minimum atomic E-state index is -0.724. The van der Waals surface area contributed by atoms with Crippen LogP contribution in [0, 0.1) is 22.0 Å². The molecule has 1 saturated heterocycles. The minimum Gasteiger partial charge on any atom is -0.419 e. The van der Waals surface area contributed by atoms with Crippen molar-refractivity contribution in [2.24, 2.45) is 11.8 Å². The van der Waals surface area contributed by atoms with Crippen LogP contribution >= 0.6 is 0 Å². The monoisotopic (exact) mass is 468 g/mol. The number of carbonyl (C=O) groups is 3. The first-order valence-electron chi connectivity index (χ1n) is 11.3. The van der Waals surface area contributed by atoms with Gasteiger partial charge >= 0.3 is 11.7 Å². The van der Waals surface area contributed by atoms with Gasteiger partial charge in [0.05, 0.1) is 22.4 Å². The highest BCUT2D eigenvalue weighted by Crippen LogP contribution is 2.64. The second-order valence-electron chi connectivity index (χ2n) is 9.37. The number of benzene rings is 3. The molecule has 2 amide bonds. The lowest BCUT2D eigenvalue weighted by Gasteiger charge is -2.52. The second kappa shape index (κ2) is 7.09. The van der Waals surface area contributed by atoms with Gasteiger partial charge < -0.3 is 4.74 Å². The van der Waals surface area contributed by atoms with Crippen LogP contribution in [-0.4, -0.2) is 22.7 Å². The fourth-order valence-electron chi connectivity index (χ4n) is 6.43. The number of ether oxygens (including phenoxy) is 1. The van der Waals surface area contributed by atoms with Gasteiger partial charge in [0.2, 0.25) is 17.6 Å². The molecule has 2 atom stereocenters. The lowest BCUT2D eigenvalue weighted by molar-refractivity contribution is -0.385. The average molecular weight is 468 g/mol. The Bertz CT molecular complexity index is 1430. The maximum absolute atomic E-state index is 14.0. The summed E-state index contributed by atoms with van der Waals surface area (Å²) in [7, 11) is 0. The Morgan fingerprint density at radius 1 is 0.971 bits per heavy atom. The number of nitro benzene ring substituents is 1. The molecule has 3 aliphatic carbocycles. The number of esters is 1. The van der Waals surface area contributed by atoms with E-state index in [0.717, 1.165) is 40.1 Å². The summed E-state index contributed by atoms with van der Waals surface area (Å²) in [5.41, 5.74) is 3.01. The molecule has 0 spiro atoms. The number of hydrogen-bond acceptors (Lipinski definition) is 6. The summed E-state index contributed by atoms with van der Waals surface area (Å²) in [4.78, 5) is 51.3. The molecule has 0 saturated carbocycles. The van der Waals surface area contributed by atoms with Crippen molar-refractivity contribution in [3.05, 3.63) is 99.1 Å². The van der Waals surface area contributed by atoms with E-state index in [-0.39, 0.29) is 29.2 Å². The molecule has 4 aliphatic rings. The number of nitro groups is 1. The molecule has 1 fully saturated rings. The van der Waals surface area contributed by atoms with Crippen molar-refractivity contribution >= 4 is 29.2 Å². The highest BCUT2D eigenvalue weighted by Gasteiger charge is 2.66. The van der Waals surface area contributed by atoms with Gasteiger partial charge in [0.15, 0.2) is 0 Å². The normalized spacial score (nSPS) is 25.7. The molecule has 8 nitrogen and oxygen atoms in total. The van der Waals surface area contributed by atoms with E-state index in [1.807, 2.05) is 55.5 Å². The molecular weight excluding hydrogens is 448 g/mol.